The van der Waals surface area contributed by atoms with Gasteiger partial charge >= 0.3 is 5.97 Å². The van der Waals surface area contributed by atoms with Crippen LogP contribution in [0.4, 0.5) is 16.5 Å². The van der Waals surface area contributed by atoms with Gasteiger partial charge < -0.3 is 4.74 Å². The Kier molecular flexibility index (Phi) is 7.59. The van der Waals surface area contributed by atoms with Crippen LogP contribution in [0.2, 0.25) is 10.0 Å². The maximum Gasteiger partial charge on any atom is 0.340 e. The van der Waals surface area contributed by atoms with E-state index in [1.807, 2.05) is 0 Å². The summed E-state index contributed by atoms with van der Waals surface area (Å²) >= 11 is 12.9. The number of anilines is 2. The molecule has 37 heavy (non-hydrogen) atoms. The van der Waals surface area contributed by atoms with Crippen molar-refractivity contribution in [2.24, 2.45) is 0 Å². The van der Waals surface area contributed by atoms with E-state index in [0.717, 1.165) is 17.4 Å². The van der Waals surface area contributed by atoms with E-state index in [1.165, 1.54) is 54.6 Å². The molecule has 0 aliphatic carbocycles. The lowest BCUT2D eigenvalue weighted by Gasteiger charge is -2.11. The van der Waals surface area contributed by atoms with Crippen molar-refractivity contribution >= 4 is 83.2 Å². The fourth-order valence-electron chi connectivity index (χ4n) is 3.00. The Hall–Kier alpha value is -3.78. The molecule has 0 fully saturated rings. The second kappa shape index (κ2) is 10.7. The lowest BCUT2D eigenvalue weighted by Crippen LogP contribution is -2.21. The Morgan fingerprint density at radius 2 is 1.78 bits per heavy atom. The molecule has 1 amide bonds. The lowest BCUT2D eigenvalue weighted by molar-refractivity contribution is -0.384. The standard InChI is InChI=1S/C22H14Cl2N4O7S2/c23-12-1-3-13(4-2-12)27-37(33,34)15-6-7-17(24)16(10-15)21(30)35-11-20(29)26-22-25-18-8-5-14(28(31)32)9-19(18)36-22/h1-10,27H,11H2,(H,25,26,29). The van der Waals surface area contributed by atoms with Gasteiger partial charge in [-0.05, 0) is 48.5 Å². The van der Waals surface area contributed by atoms with Crippen molar-refractivity contribution in [1.82, 2.24) is 4.98 Å². The van der Waals surface area contributed by atoms with Crippen LogP contribution in [-0.4, -0.2) is 36.8 Å². The van der Waals surface area contributed by atoms with Crippen LogP contribution in [0.3, 0.4) is 0 Å². The molecule has 0 spiro atoms. The highest BCUT2D eigenvalue weighted by molar-refractivity contribution is 7.92. The SMILES string of the molecule is O=C(COC(=O)c1cc(S(=O)(=O)Nc2ccc(Cl)cc2)ccc1Cl)Nc1nc2ccc([N+](=O)[O-])cc2s1. The third-order valence-electron chi connectivity index (χ3n) is 4.73. The summed E-state index contributed by atoms with van der Waals surface area (Å²) in [5.74, 6) is -1.75. The molecule has 0 aliphatic rings. The summed E-state index contributed by atoms with van der Waals surface area (Å²) in [4.78, 5) is 39.1. The van der Waals surface area contributed by atoms with Gasteiger partial charge in [0, 0.05) is 22.8 Å². The predicted molar refractivity (Wildman–Crippen MR) is 139 cm³/mol. The van der Waals surface area contributed by atoms with Crippen molar-refractivity contribution in [2.45, 2.75) is 4.90 Å². The van der Waals surface area contributed by atoms with Crippen LogP contribution in [-0.2, 0) is 19.6 Å². The van der Waals surface area contributed by atoms with Crippen molar-refractivity contribution in [3.05, 3.63) is 86.4 Å². The molecule has 3 aromatic carbocycles. The van der Waals surface area contributed by atoms with E-state index in [-0.39, 0.29) is 32.0 Å². The third-order valence-corrected chi connectivity index (χ3v) is 7.62. The van der Waals surface area contributed by atoms with Crippen molar-refractivity contribution in [3.8, 4) is 0 Å². The van der Waals surface area contributed by atoms with Crippen LogP contribution < -0.4 is 10.0 Å². The largest absolute Gasteiger partial charge is 0.452 e. The number of nitro benzene ring substituents is 1. The molecule has 0 atom stereocenters. The summed E-state index contributed by atoms with van der Waals surface area (Å²) in [5, 5.41) is 13.8. The van der Waals surface area contributed by atoms with Crippen LogP contribution in [0.1, 0.15) is 10.4 Å². The fourth-order valence-corrected chi connectivity index (χ4v) is 5.32. The first-order chi connectivity index (χ1) is 17.5. The first kappa shape index (κ1) is 26.3. The van der Waals surface area contributed by atoms with Gasteiger partial charge in [0.1, 0.15) is 0 Å². The Bertz CT molecular complexity index is 1640. The van der Waals surface area contributed by atoms with E-state index in [1.54, 1.807) is 0 Å². The van der Waals surface area contributed by atoms with E-state index in [0.29, 0.717) is 15.2 Å². The van der Waals surface area contributed by atoms with Gasteiger partial charge in [-0.1, -0.05) is 34.5 Å². The zero-order valence-electron chi connectivity index (χ0n) is 18.3. The van der Waals surface area contributed by atoms with E-state index in [4.69, 9.17) is 27.9 Å². The molecule has 0 unspecified atom stereocenters. The number of benzene rings is 3. The number of halogens is 2. The Labute approximate surface area is 223 Å². The Balaban J connectivity index is 1.42. The second-order valence-corrected chi connectivity index (χ2v) is 10.9. The molecular formula is C22H14Cl2N4O7S2. The number of hydrogen-bond donors (Lipinski definition) is 2. The molecule has 190 valence electrons. The summed E-state index contributed by atoms with van der Waals surface area (Å²) in [5.41, 5.74) is 0.317. The number of rotatable bonds is 8. The smallest absolute Gasteiger partial charge is 0.340 e. The summed E-state index contributed by atoms with van der Waals surface area (Å²) in [6.45, 7) is -0.717. The zero-order chi connectivity index (χ0) is 26.7. The number of carbonyl (C=O) groups excluding carboxylic acids is 2. The fraction of sp³-hybridized carbons (Fsp3) is 0.0455. The average Bonchev–Trinajstić information content (AvgIpc) is 3.25. The number of ether oxygens (including phenoxy) is 1. The van der Waals surface area contributed by atoms with Crippen LogP contribution in [0, 0.1) is 10.1 Å². The predicted octanol–water partition coefficient (Wildman–Crippen LogP) is 5.11. The van der Waals surface area contributed by atoms with E-state index >= 15 is 0 Å². The Morgan fingerprint density at radius 1 is 1.05 bits per heavy atom. The van der Waals surface area contributed by atoms with Crippen molar-refractivity contribution in [3.63, 3.8) is 0 Å². The molecule has 0 saturated carbocycles. The zero-order valence-corrected chi connectivity index (χ0v) is 21.5. The monoisotopic (exact) mass is 580 g/mol. The van der Waals surface area contributed by atoms with Crippen LogP contribution in [0.5, 0.6) is 0 Å². The molecular weight excluding hydrogens is 567 g/mol. The summed E-state index contributed by atoms with van der Waals surface area (Å²) in [6.07, 6.45) is 0. The molecule has 0 saturated heterocycles. The van der Waals surface area contributed by atoms with E-state index in [9.17, 15) is 28.1 Å². The van der Waals surface area contributed by atoms with E-state index in [2.05, 4.69) is 15.0 Å². The minimum absolute atomic E-state index is 0.0800. The first-order valence-electron chi connectivity index (χ1n) is 10.1. The molecule has 0 bridgehead atoms. The molecule has 4 rings (SSSR count). The third kappa shape index (κ3) is 6.32. The van der Waals surface area contributed by atoms with Crippen LogP contribution in [0.15, 0.2) is 65.6 Å². The molecule has 1 aromatic heterocycles. The van der Waals surface area contributed by atoms with Crippen molar-refractivity contribution in [1.29, 1.82) is 0 Å². The molecule has 1 heterocycles. The van der Waals surface area contributed by atoms with Gasteiger partial charge in [-0.3, -0.25) is 24.9 Å². The van der Waals surface area contributed by atoms with Gasteiger partial charge in [-0.25, -0.2) is 18.2 Å². The van der Waals surface area contributed by atoms with Gasteiger partial charge in [0.2, 0.25) is 0 Å². The number of nitro groups is 1. The topological polar surface area (TPSA) is 158 Å². The number of hydrogen-bond acceptors (Lipinski definition) is 9. The van der Waals surface area contributed by atoms with Crippen LogP contribution in [0.25, 0.3) is 10.2 Å². The van der Waals surface area contributed by atoms with Gasteiger partial charge in [-0.2, -0.15) is 0 Å². The summed E-state index contributed by atoms with van der Waals surface area (Å²) in [7, 11) is -4.08. The van der Waals surface area contributed by atoms with Gasteiger partial charge in [0.05, 0.1) is 30.6 Å². The highest BCUT2D eigenvalue weighted by Gasteiger charge is 2.21. The molecule has 0 aliphatic heterocycles. The Morgan fingerprint density at radius 3 is 2.49 bits per heavy atom. The number of sulfonamides is 1. The van der Waals surface area contributed by atoms with Gasteiger partial charge in [0.15, 0.2) is 11.7 Å². The molecule has 4 aromatic rings. The molecule has 0 radical (unpaired) electrons. The quantitative estimate of drug-likeness (QED) is 0.165. The minimum Gasteiger partial charge on any atom is -0.452 e. The molecule has 2 N–H and O–H groups in total. The summed E-state index contributed by atoms with van der Waals surface area (Å²) in [6, 6.07) is 13.5. The van der Waals surface area contributed by atoms with Crippen molar-refractivity contribution in [2.75, 3.05) is 16.6 Å². The molecule has 15 heteroatoms. The average molecular weight is 581 g/mol. The van der Waals surface area contributed by atoms with Gasteiger partial charge in [0.25, 0.3) is 21.6 Å². The summed E-state index contributed by atoms with van der Waals surface area (Å²) < 4.78 is 33.3. The number of nitrogens with zero attached hydrogens (tertiary/aromatic N) is 2. The molecule has 11 nitrogen and oxygen atoms in total. The van der Waals surface area contributed by atoms with Crippen LogP contribution >= 0.6 is 34.5 Å². The number of thiazole rings is 1. The maximum absolute atomic E-state index is 12.7. The minimum atomic E-state index is -4.08. The van der Waals surface area contributed by atoms with Gasteiger partial charge in [-0.15, -0.1) is 0 Å². The maximum atomic E-state index is 12.7. The number of amides is 1. The highest BCUT2D eigenvalue weighted by atomic mass is 35.5. The lowest BCUT2D eigenvalue weighted by atomic mass is 10.2. The number of carbonyl (C=O) groups is 2. The van der Waals surface area contributed by atoms with Crippen molar-refractivity contribution < 1.29 is 27.7 Å². The van der Waals surface area contributed by atoms with E-state index < -0.39 is 33.4 Å². The number of aromatic nitrogens is 1. The number of nitrogens with one attached hydrogen (secondary N) is 2. The second-order valence-electron chi connectivity index (χ2n) is 7.31. The first-order valence-corrected chi connectivity index (χ1v) is 13.2. The number of esters is 1. The highest BCUT2D eigenvalue weighted by Crippen LogP contribution is 2.29. The number of non-ortho nitro benzene ring substituents is 1. The normalized spacial score (nSPS) is 11.2. The number of fused-ring (bicyclic) bond motifs is 1.